The third-order valence-corrected chi connectivity index (χ3v) is 1.04. The van der Waals surface area contributed by atoms with E-state index in [-0.39, 0.29) is 5.78 Å². The zero-order chi connectivity index (χ0) is 8.69. The summed E-state index contributed by atoms with van der Waals surface area (Å²) in [5.41, 5.74) is 0. The number of rotatable bonds is 4. The summed E-state index contributed by atoms with van der Waals surface area (Å²) in [6.07, 6.45) is 2.79. The number of hydrogen-bond acceptors (Lipinski definition) is 3. The Hall–Kier alpha value is -1.12. The van der Waals surface area contributed by atoms with Crippen LogP contribution in [0, 0.1) is 0 Å². The molecule has 0 aromatic rings. The number of allylic oxidation sites excluding steroid dienone is 1. The normalized spacial score (nSPS) is 10.0. The summed E-state index contributed by atoms with van der Waals surface area (Å²) in [6.45, 7) is 3.79. The van der Waals surface area contributed by atoms with Gasteiger partial charge >= 0.3 is 5.97 Å². The van der Waals surface area contributed by atoms with Crippen LogP contribution in [0.15, 0.2) is 12.2 Å². The van der Waals surface area contributed by atoms with Gasteiger partial charge in [0.2, 0.25) is 0 Å². The third kappa shape index (κ3) is 5.33. The topological polar surface area (TPSA) is 43.4 Å². The van der Waals surface area contributed by atoms with Crippen LogP contribution in [-0.4, -0.2) is 18.4 Å². The third-order valence-electron chi connectivity index (χ3n) is 1.04. The lowest BCUT2D eigenvalue weighted by atomic mass is 10.3. The quantitative estimate of drug-likeness (QED) is 0.452. The van der Waals surface area contributed by atoms with Crippen molar-refractivity contribution < 1.29 is 14.3 Å². The van der Waals surface area contributed by atoms with Crippen molar-refractivity contribution in [3.05, 3.63) is 12.2 Å². The summed E-state index contributed by atoms with van der Waals surface area (Å²) in [5, 5.41) is 0. The highest BCUT2D eigenvalue weighted by molar-refractivity contribution is 5.95. The van der Waals surface area contributed by atoms with Crippen LogP contribution in [0.4, 0.5) is 0 Å². The lowest BCUT2D eigenvalue weighted by molar-refractivity contribution is -0.137. The number of esters is 1. The Morgan fingerprint density at radius 2 is 1.91 bits per heavy atom. The van der Waals surface area contributed by atoms with Gasteiger partial charge in [-0.15, -0.1) is 0 Å². The summed E-state index contributed by atoms with van der Waals surface area (Å²) in [5.74, 6) is -0.535. The van der Waals surface area contributed by atoms with Crippen LogP contribution in [0.5, 0.6) is 0 Å². The Balaban J connectivity index is 3.73. The molecule has 0 amide bonds. The van der Waals surface area contributed by atoms with E-state index in [0.29, 0.717) is 13.0 Å². The Bertz CT molecular complexity index is 170. The molecule has 62 valence electrons. The minimum absolute atomic E-state index is 0.0712. The average Bonchev–Trinajstić information content (AvgIpc) is 2.01. The molecule has 0 unspecified atom stereocenters. The van der Waals surface area contributed by atoms with Crippen LogP contribution < -0.4 is 0 Å². The van der Waals surface area contributed by atoms with Crippen molar-refractivity contribution in [2.45, 2.75) is 20.3 Å². The molecule has 0 radical (unpaired) electrons. The minimum Gasteiger partial charge on any atom is -0.463 e. The SMILES string of the molecule is CCOC(=O)/C=C\C(=O)CC. The van der Waals surface area contributed by atoms with Crippen LogP contribution in [0.25, 0.3) is 0 Å². The Kier molecular flexibility index (Phi) is 5.07. The second-order valence-electron chi connectivity index (χ2n) is 1.91. The molecule has 0 aliphatic carbocycles. The van der Waals surface area contributed by atoms with E-state index in [1.807, 2.05) is 0 Å². The molecule has 0 atom stereocenters. The maximum absolute atomic E-state index is 10.6. The lowest BCUT2D eigenvalue weighted by Crippen LogP contribution is -2.00. The van der Waals surface area contributed by atoms with Crippen LogP contribution in [0.2, 0.25) is 0 Å². The number of carbonyl (C=O) groups excluding carboxylic acids is 2. The van der Waals surface area contributed by atoms with Crippen molar-refractivity contribution in [2.75, 3.05) is 6.61 Å². The summed E-state index contributed by atoms with van der Waals surface area (Å²) >= 11 is 0. The molecule has 0 saturated heterocycles. The summed E-state index contributed by atoms with van der Waals surface area (Å²) < 4.78 is 4.56. The van der Waals surface area contributed by atoms with E-state index in [4.69, 9.17) is 0 Å². The van der Waals surface area contributed by atoms with E-state index in [2.05, 4.69) is 4.74 Å². The van der Waals surface area contributed by atoms with E-state index < -0.39 is 5.97 Å². The maximum atomic E-state index is 10.6. The molecule has 0 saturated carbocycles. The highest BCUT2D eigenvalue weighted by Crippen LogP contribution is 1.85. The second kappa shape index (κ2) is 5.65. The van der Waals surface area contributed by atoms with Gasteiger partial charge < -0.3 is 4.74 Å². The monoisotopic (exact) mass is 156 g/mol. The standard InChI is InChI=1S/C8H12O3/c1-3-7(9)5-6-8(10)11-4-2/h5-6H,3-4H2,1-2H3/b6-5-. The molecule has 0 aromatic heterocycles. The molecule has 0 spiro atoms. The van der Waals surface area contributed by atoms with Gasteiger partial charge in [-0.3, -0.25) is 4.79 Å². The minimum atomic E-state index is -0.464. The molecule has 0 fully saturated rings. The lowest BCUT2D eigenvalue weighted by Gasteiger charge is -1.93. The zero-order valence-electron chi connectivity index (χ0n) is 6.79. The molecular formula is C8H12O3. The predicted octanol–water partition coefficient (Wildman–Crippen LogP) is 1.08. The first-order valence-corrected chi connectivity index (χ1v) is 3.58. The first kappa shape index (κ1) is 9.88. The number of carbonyl (C=O) groups is 2. The fraction of sp³-hybridized carbons (Fsp3) is 0.500. The van der Waals surface area contributed by atoms with Crippen molar-refractivity contribution in [3.63, 3.8) is 0 Å². The second-order valence-corrected chi connectivity index (χ2v) is 1.91. The van der Waals surface area contributed by atoms with E-state index in [1.165, 1.54) is 6.08 Å². The molecule has 0 heterocycles. The summed E-state index contributed by atoms with van der Waals surface area (Å²) in [7, 11) is 0. The van der Waals surface area contributed by atoms with E-state index in [1.54, 1.807) is 13.8 Å². The van der Waals surface area contributed by atoms with Crippen LogP contribution in [-0.2, 0) is 14.3 Å². The Morgan fingerprint density at radius 1 is 1.27 bits per heavy atom. The highest BCUT2D eigenvalue weighted by Gasteiger charge is 1.95. The van der Waals surface area contributed by atoms with Gasteiger partial charge in [0.1, 0.15) is 0 Å². The number of hydrogen-bond donors (Lipinski definition) is 0. The molecule has 0 bridgehead atoms. The fourth-order valence-electron chi connectivity index (χ4n) is 0.469. The summed E-state index contributed by atoms with van der Waals surface area (Å²) in [6, 6.07) is 0. The van der Waals surface area contributed by atoms with Crippen molar-refractivity contribution in [1.82, 2.24) is 0 Å². The van der Waals surface area contributed by atoms with Crippen LogP contribution in [0.3, 0.4) is 0 Å². The fourth-order valence-corrected chi connectivity index (χ4v) is 0.469. The summed E-state index contributed by atoms with van der Waals surface area (Å²) in [4.78, 5) is 21.2. The van der Waals surface area contributed by atoms with Gasteiger partial charge in [-0.2, -0.15) is 0 Å². The van der Waals surface area contributed by atoms with Crippen LogP contribution in [0.1, 0.15) is 20.3 Å². The molecule has 0 N–H and O–H groups in total. The molecule has 3 nitrogen and oxygen atoms in total. The predicted molar refractivity (Wildman–Crippen MR) is 41.1 cm³/mol. The molecule has 0 rings (SSSR count). The zero-order valence-corrected chi connectivity index (χ0v) is 6.79. The number of ketones is 1. The molecule has 11 heavy (non-hydrogen) atoms. The van der Waals surface area contributed by atoms with E-state index in [0.717, 1.165) is 6.08 Å². The van der Waals surface area contributed by atoms with Gasteiger partial charge in [-0.1, -0.05) is 6.92 Å². The van der Waals surface area contributed by atoms with E-state index in [9.17, 15) is 9.59 Å². The van der Waals surface area contributed by atoms with Gasteiger partial charge in [0, 0.05) is 12.5 Å². The molecule has 0 aliphatic heterocycles. The van der Waals surface area contributed by atoms with Crippen molar-refractivity contribution in [1.29, 1.82) is 0 Å². The first-order chi connectivity index (χ1) is 5.20. The Labute approximate surface area is 66.0 Å². The molecule has 3 heteroatoms. The van der Waals surface area contributed by atoms with Crippen molar-refractivity contribution >= 4 is 11.8 Å². The average molecular weight is 156 g/mol. The Morgan fingerprint density at radius 3 is 2.36 bits per heavy atom. The van der Waals surface area contributed by atoms with Gasteiger partial charge in [0.05, 0.1) is 6.61 Å². The van der Waals surface area contributed by atoms with Gasteiger partial charge in [0.25, 0.3) is 0 Å². The van der Waals surface area contributed by atoms with Gasteiger partial charge in [-0.05, 0) is 13.0 Å². The number of ether oxygens (including phenoxy) is 1. The van der Waals surface area contributed by atoms with Crippen LogP contribution >= 0.6 is 0 Å². The largest absolute Gasteiger partial charge is 0.463 e. The highest BCUT2D eigenvalue weighted by atomic mass is 16.5. The van der Waals surface area contributed by atoms with E-state index >= 15 is 0 Å². The van der Waals surface area contributed by atoms with Crippen molar-refractivity contribution in [3.8, 4) is 0 Å². The van der Waals surface area contributed by atoms with Gasteiger partial charge in [0.15, 0.2) is 5.78 Å². The van der Waals surface area contributed by atoms with Crippen molar-refractivity contribution in [2.24, 2.45) is 0 Å². The smallest absolute Gasteiger partial charge is 0.330 e. The maximum Gasteiger partial charge on any atom is 0.330 e. The van der Waals surface area contributed by atoms with Gasteiger partial charge in [-0.25, -0.2) is 4.79 Å². The first-order valence-electron chi connectivity index (χ1n) is 3.58. The molecule has 0 aromatic carbocycles. The molecule has 0 aliphatic rings. The molecular weight excluding hydrogens is 144 g/mol.